The van der Waals surface area contributed by atoms with Gasteiger partial charge < -0.3 is 5.32 Å². The van der Waals surface area contributed by atoms with Crippen LogP contribution in [0.5, 0.6) is 0 Å². The van der Waals surface area contributed by atoms with E-state index >= 15 is 0 Å². The SMILES string of the molecule is CCCc1cc(C(=O)NC2CCSC2)cc(Cl)n1. The standard InChI is InChI=1S/C13H17ClN2OS/c1-2-3-10-6-9(7-12(14)15-10)13(17)16-11-4-5-18-8-11/h6-7,11H,2-5,8H2,1H3,(H,16,17). The van der Waals surface area contributed by atoms with E-state index in [0.29, 0.717) is 16.8 Å². The molecule has 1 N–H and O–H groups in total. The summed E-state index contributed by atoms with van der Waals surface area (Å²) in [6.45, 7) is 2.08. The molecule has 1 atom stereocenters. The van der Waals surface area contributed by atoms with Crippen molar-refractivity contribution in [3.05, 3.63) is 28.5 Å². The van der Waals surface area contributed by atoms with Crippen molar-refractivity contribution < 1.29 is 4.79 Å². The Bertz CT molecular complexity index is 433. The first kappa shape index (κ1) is 13.7. The van der Waals surface area contributed by atoms with E-state index in [4.69, 9.17) is 11.6 Å². The van der Waals surface area contributed by atoms with Gasteiger partial charge in [0.15, 0.2) is 0 Å². The number of thioether (sulfide) groups is 1. The molecule has 98 valence electrons. The minimum atomic E-state index is -0.0378. The lowest BCUT2D eigenvalue weighted by Gasteiger charge is -2.12. The molecule has 1 saturated heterocycles. The van der Waals surface area contributed by atoms with Crippen LogP contribution in [0.4, 0.5) is 0 Å². The first-order valence-electron chi connectivity index (χ1n) is 6.24. The minimum Gasteiger partial charge on any atom is -0.348 e. The summed E-state index contributed by atoms with van der Waals surface area (Å²) in [6.07, 6.45) is 2.89. The number of pyridine rings is 1. The Morgan fingerprint density at radius 3 is 3.11 bits per heavy atom. The third kappa shape index (κ3) is 3.62. The van der Waals surface area contributed by atoms with Gasteiger partial charge in [-0.3, -0.25) is 4.79 Å². The number of nitrogens with one attached hydrogen (secondary N) is 1. The summed E-state index contributed by atoms with van der Waals surface area (Å²) in [7, 11) is 0. The van der Waals surface area contributed by atoms with Crippen molar-refractivity contribution in [2.75, 3.05) is 11.5 Å². The molecule has 1 aromatic heterocycles. The summed E-state index contributed by atoms with van der Waals surface area (Å²) < 4.78 is 0. The molecule has 0 saturated carbocycles. The summed E-state index contributed by atoms with van der Waals surface area (Å²) >= 11 is 7.83. The van der Waals surface area contributed by atoms with E-state index < -0.39 is 0 Å². The largest absolute Gasteiger partial charge is 0.348 e. The molecule has 0 spiro atoms. The highest BCUT2D eigenvalue weighted by atomic mass is 35.5. The zero-order valence-electron chi connectivity index (χ0n) is 10.4. The molecule has 0 bridgehead atoms. The molecule has 1 amide bonds. The molecule has 0 radical (unpaired) electrons. The fourth-order valence-electron chi connectivity index (χ4n) is 1.98. The monoisotopic (exact) mass is 284 g/mol. The number of hydrogen-bond acceptors (Lipinski definition) is 3. The summed E-state index contributed by atoms with van der Waals surface area (Å²) in [5.41, 5.74) is 1.51. The highest BCUT2D eigenvalue weighted by molar-refractivity contribution is 7.99. The van der Waals surface area contributed by atoms with Crippen LogP contribution in [0.3, 0.4) is 0 Å². The van der Waals surface area contributed by atoms with E-state index in [9.17, 15) is 4.79 Å². The van der Waals surface area contributed by atoms with Crippen molar-refractivity contribution in [2.45, 2.75) is 32.2 Å². The average molecular weight is 285 g/mol. The molecular formula is C13H17ClN2OS. The number of carbonyl (C=O) groups excluding carboxylic acids is 1. The van der Waals surface area contributed by atoms with Gasteiger partial charge in [0.05, 0.1) is 0 Å². The predicted molar refractivity (Wildman–Crippen MR) is 76.4 cm³/mol. The zero-order chi connectivity index (χ0) is 13.0. The molecule has 3 nitrogen and oxygen atoms in total. The zero-order valence-corrected chi connectivity index (χ0v) is 12.0. The quantitative estimate of drug-likeness (QED) is 0.865. The molecule has 18 heavy (non-hydrogen) atoms. The molecule has 1 aliphatic rings. The van der Waals surface area contributed by atoms with Crippen LogP contribution in [0.1, 0.15) is 35.8 Å². The molecular weight excluding hydrogens is 268 g/mol. The van der Waals surface area contributed by atoms with Gasteiger partial charge in [-0.1, -0.05) is 24.9 Å². The maximum absolute atomic E-state index is 12.1. The fourth-order valence-corrected chi connectivity index (χ4v) is 3.36. The lowest BCUT2D eigenvalue weighted by atomic mass is 10.1. The normalized spacial score (nSPS) is 18.9. The molecule has 2 heterocycles. The van der Waals surface area contributed by atoms with Crippen LogP contribution < -0.4 is 5.32 Å². The molecule has 2 rings (SSSR count). The Balaban J connectivity index is 2.08. The third-order valence-corrected chi connectivity index (χ3v) is 4.24. The average Bonchev–Trinajstić information content (AvgIpc) is 2.81. The van der Waals surface area contributed by atoms with Crippen LogP contribution in [0.2, 0.25) is 5.15 Å². The van der Waals surface area contributed by atoms with Crippen LogP contribution in [0.15, 0.2) is 12.1 Å². The van der Waals surface area contributed by atoms with E-state index in [1.54, 1.807) is 6.07 Å². The van der Waals surface area contributed by atoms with Crippen LogP contribution in [-0.2, 0) is 6.42 Å². The van der Waals surface area contributed by atoms with Gasteiger partial charge in [0, 0.05) is 23.1 Å². The van der Waals surface area contributed by atoms with Crippen molar-refractivity contribution in [3.63, 3.8) is 0 Å². The lowest BCUT2D eigenvalue weighted by molar-refractivity contribution is 0.0941. The number of hydrogen-bond donors (Lipinski definition) is 1. The fraction of sp³-hybridized carbons (Fsp3) is 0.538. The summed E-state index contributed by atoms with van der Waals surface area (Å²) in [6, 6.07) is 3.77. The number of nitrogens with zero attached hydrogens (tertiary/aromatic N) is 1. The number of aryl methyl sites for hydroxylation is 1. The van der Waals surface area contributed by atoms with Crippen molar-refractivity contribution in [1.29, 1.82) is 0 Å². The maximum Gasteiger partial charge on any atom is 0.251 e. The van der Waals surface area contributed by atoms with Crippen molar-refractivity contribution >= 4 is 29.3 Å². The highest BCUT2D eigenvalue weighted by Gasteiger charge is 2.19. The Hall–Kier alpha value is -0.740. The van der Waals surface area contributed by atoms with Gasteiger partial charge in [0.1, 0.15) is 5.15 Å². The number of halogens is 1. The van der Waals surface area contributed by atoms with Gasteiger partial charge in [-0.2, -0.15) is 11.8 Å². The molecule has 1 unspecified atom stereocenters. The molecule has 1 fully saturated rings. The molecule has 0 aliphatic carbocycles. The second-order valence-corrected chi connectivity index (χ2v) is 5.99. The highest BCUT2D eigenvalue weighted by Crippen LogP contribution is 2.18. The van der Waals surface area contributed by atoms with E-state index in [0.717, 1.165) is 36.5 Å². The van der Waals surface area contributed by atoms with Gasteiger partial charge in [-0.15, -0.1) is 0 Å². The minimum absolute atomic E-state index is 0.0378. The molecule has 5 heteroatoms. The van der Waals surface area contributed by atoms with E-state index in [1.807, 2.05) is 17.8 Å². The Labute approximate surface area is 117 Å². The van der Waals surface area contributed by atoms with Crippen LogP contribution in [0, 0.1) is 0 Å². The smallest absolute Gasteiger partial charge is 0.251 e. The van der Waals surface area contributed by atoms with E-state index in [1.165, 1.54) is 0 Å². The summed E-state index contributed by atoms with van der Waals surface area (Å²) in [5, 5.41) is 3.44. The number of amides is 1. The van der Waals surface area contributed by atoms with Crippen molar-refractivity contribution in [1.82, 2.24) is 10.3 Å². The second-order valence-electron chi connectivity index (χ2n) is 4.45. The van der Waals surface area contributed by atoms with Gasteiger partial charge >= 0.3 is 0 Å². The second kappa shape index (κ2) is 6.43. The topological polar surface area (TPSA) is 42.0 Å². The first-order valence-corrected chi connectivity index (χ1v) is 7.77. The Kier molecular flexibility index (Phi) is 4.89. The predicted octanol–water partition coefficient (Wildman–Crippen LogP) is 2.92. The first-order chi connectivity index (χ1) is 8.69. The number of carbonyl (C=O) groups is 1. The number of aromatic nitrogens is 1. The van der Waals surface area contributed by atoms with E-state index in [-0.39, 0.29) is 5.91 Å². The summed E-state index contributed by atoms with van der Waals surface area (Å²) in [5.74, 6) is 2.10. The van der Waals surface area contributed by atoms with E-state index in [2.05, 4.69) is 17.2 Å². The molecule has 1 aliphatic heterocycles. The van der Waals surface area contributed by atoms with Gasteiger partial charge in [0.25, 0.3) is 5.91 Å². The third-order valence-electron chi connectivity index (χ3n) is 2.88. The summed E-state index contributed by atoms with van der Waals surface area (Å²) in [4.78, 5) is 16.3. The van der Waals surface area contributed by atoms with Gasteiger partial charge in [0.2, 0.25) is 0 Å². The van der Waals surface area contributed by atoms with Crippen molar-refractivity contribution in [2.24, 2.45) is 0 Å². The van der Waals surface area contributed by atoms with Gasteiger partial charge in [-0.05, 0) is 30.7 Å². The lowest BCUT2D eigenvalue weighted by Crippen LogP contribution is -2.34. The molecule has 1 aromatic rings. The maximum atomic E-state index is 12.1. The van der Waals surface area contributed by atoms with Crippen molar-refractivity contribution in [3.8, 4) is 0 Å². The van der Waals surface area contributed by atoms with Gasteiger partial charge in [-0.25, -0.2) is 4.98 Å². The number of rotatable bonds is 4. The molecule has 0 aromatic carbocycles. The van der Waals surface area contributed by atoms with Crippen LogP contribution in [0.25, 0.3) is 0 Å². The Morgan fingerprint density at radius 2 is 2.44 bits per heavy atom. The Morgan fingerprint density at radius 1 is 1.61 bits per heavy atom. The van der Waals surface area contributed by atoms with Crippen LogP contribution in [-0.4, -0.2) is 28.4 Å². The van der Waals surface area contributed by atoms with Crippen LogP contribution >= 0.6 is 23.4 Å².